The van der Waals surface area contributed by atoms with E-state index in [0.717, 1.165) is 11.8 Å². The number of benzene rings is 2. The molecule has 1 fully saturated rings. The van der Waals surface area contributed by atoms with Gasteiger partial charge in [-0.1, -0.05) is 36.1 Å². The number of hydrogen-bond donors (Lipinski definition) is 0. The summed E-state index contributed by atoms with van der Waals surface area (Å²) in [5.41, 5.74) is 0.830. The second kappa shape index (κ2) is 10.5. The van der Waals surface area contributed by atoms with Crippen LogP contribution in [0.5, 0.6) is 11.5 Å². The third-order valence-corrected chi connectivity index (χ3v) is 5.59. The van der Waals surface area contributed by atoms with E-state index in [2.05, 4.69) is 0 Å². The van der Waals surface area contributed by atoms with Crippen molar-refractivity contribution >= 4 is 57.6 Å². The number of amides is 1. The number of thiocarbonyl (C=S) groups is 1. The number of ether oxygens (including phenoxy) is 3. The number of anilines is 1. The summed E-state index contributed by atoms with van der Waals surface area (Å²) < 4.78 is 16.1. The Hall–Kier alpha value is -3.44. The van der Waals surface area contributed by atoms with Gasteiger partial charge >= 0.3 is 5.97 Å². The molecule has 3 rings (SSSR count). The van der Waals surface area contributed by atoms with Crippen LogP contribution in [0.3, 0.4) is 0 Å². The molecule has 0 N–H and O–H groups in total. The highest BCUT2D eigenvalue weighted by Gasteiger charge is 2.34. The summed E-state index contributed by atoms with van der Waals surface area (Å²) in [5, 5.41) is 11.1. The van der Waals surface area contributed by atoms with Crippen LogP contribution in [0.15, 0.2) is 47.4 Å². The summed E-state index contributed by atoms with van der Waals surface area (Å²) in [7, 11) is 1.46. The highest BCUT2D eigenvalue weighted by molar-refractivity contribution is 8.27. The van der Waals surface area contributed by atoms with Crippen LogP contribution < -0.4 is 14.4 Å². The summed E-state index contributed by atoms with van der Waals surface area (Å²) in [6.07, 6.45) is 1.39. The average molecular weight is 489 g/mol. The molecule has 1 amide bonds. The van der Waals surface area contributed by atoms with Crippen LogP contribution in [0.2, 0.25) is 0 Å². The molecule has 9 nitrogen and oxygen atoms in total. The largest absolute Gasteiger partial charge is 0.493 e. The molecule has 0 aromatic heterocycles. The lowest BCUT2D eigenvalue weighted by Crippen LogP contribution is -2.27. The fourth-order valence-electron chi connectivity index (χ4n) is 2.91. The summed E-state index contributed by atoms with van der Waals surface area (Å²) in [5.74, 6) is -0.170. The van der Waals surface area contributed by atoms with E-state index < -0.39 is 10.9 Å². The minimum atomic E-state index is -0.532. The zero-order chi connectivity index (χ0) is 24.1. The summed E-state index contributed by atoms with van der Waals surface area (Å²) in [4.78, 5) is 36.8. The first-order chi connectivity index (χ1) is 15.7. The predicted octanol–water partition coefficient (Wildman–Crippen LogP) is 4.34. The number of rotatable bonds is 8. The molecular formula is C22H20N2O7S2. The number of nitro groups is 1. The van der Waals surface area contributed by atoms with Gasteiger partial charge in [0, 0.05) is 12.1 Å². The van der Waals surface area contributed by atoms with Crippen LogP contribution in [-0.4, -0.2) is 40.9 Å². The van der Waals surface area contributed by atoms with Gasteiger partial charge in [0.05, 0.1) is 28.7 Å². The Labute approximate surface area is 199 Å². The molecule has 1 aliphatic rings. The van der Waals surface area contributed by atoms with Crippen molar-refractivity contribution in [3.8, 4) is 11.5 Å². The first-order valence-electron chi connectivity index (χ1n) is 9.72. The van der Waals surface area contributed by atoms with Gasteiger partial charge in [0.15, 0.2) is 22.4 Å². The van der Waals surface area contributed by atoms with Crippen LogP contribution in [0.25, 0.3) is 6.08 Å². The fraction of sp³-hybridized carbons (Fsp3) is 0.227. The van der Waals surface area contributed by atoms with Gasteiger partial charge < -0.3 is 14.2 Å². The average Bonchev–Trinajstić information content (AvgIpc) is 3.04. The Bertz CT molecular complexity index is 1150. The SMILES string of the molecule is COc1cc(/C=C2/SC(=S)N(c3cccc([N+](=O)[O-])c3)C2=O)ccc1OCC(=O)OC(C)C. The monoisotopic (exact) mass is 488 g/mol. The van der Waals surface area contributed by atoms with Gasteiger partial charge in [0.1, 0.15) is 0 Å². The molecule has 0 bridgehead atoms. The zero-order valence-corrected chi connectivity index (χ0v) is 19.6. The molecule has 1 aliphatic heterocycles. The molecule has 0 spiro atoms. The summed E-state index contributed by atoms with van der Waals surface area (Å²) >= 11 is 6.42. The van der Waals surface area contributed by atoms with E-state index in [1.807, 2.05) is 0 Å². The van der Waals surface area contributed by atoms with E-state index in [4.69, 9.17) is 26.4 Å². The maximum Gasteiger partial charge on any atom is 0.344 e. The van der Waals surface area contributed by atoms with Crippen LogP contribution in [0.1, 0.15) is 19.4 Å². The van der Waals surface area contributed by atoms with Crippen LogP contribution in [0.4, 0.5) is 11.4 Å². The number of carbonyl (C=O) groups is 2. The smallest absolute Gasteiger partial charge is 0.344 e. The Kier molecular flexibility index (Phi) is 7.67. The van der Waals surface area contributed by atoms with Crippen molar-refractivity contribution in [1.29, 1.82) is 0 Å². The van der Waals surface area contributed by atoms with Gasteiger partial charge in [-0.3, -0.25) is 19.8 Å². The quantitative estimate of drug-likeness (QED) is 0.176. The maximum absolute atomic E-state index is 13.0. The van der Waals surface area contributed by atoms with Gasteiger partial charge in [-0.25, -0.2) is 4.79 Å². The first kappa shape index (κ1) is 24.2. The van der Waals surface area contributed by atoms with Gasteiger partial charge in [0.25, 0.3) is 11.6 Å². The minimum absolute atomic E-state index is 0.136. The third kappa shape index (κ3) is 5.88. The number of carbonyl (C=O) groups excluding carboxylic acids is 2. The van der Waals surface area contributed by atoms with Crippen molar-refractivity contribution in [3.63, 3.8) is 0 Å². The normalized spacial score (nSPS) is 14.7. The molecule has 1 heterocycles. The number of thioether (sulfide) groups is 1. The molecule has 172 valence electrons. The van der Waals surface area contributed by atoms with E-state index in [1.165, 1.54) is 30.2 Å². The van der Waals surface area contributed by atoms with Crippen LogP contribution in [0, 0.1) is 10.1 Å². The Morgan fingerprint density at radius 1 is 1.24 bits per heavy atom. The van der Waals surface area contributed by atoms with E-state index in [1.54, 1.807) is 44.2 Å². The molecule has 33 heavy (non-hydrogen) atoms. The number of nitrogens with zero attached hydrogens (tertiary/aromatic N) is 2. The second-order valence-corrected chi connectivity index (χ2v) is 8.71. The number of methoxy groups -OCH3 is 1. The Morgan fingerprint density at radius 3 is 2.67 bits per heavy atom. The molecule has 1 saturated heterocycles. The maximum atomic E-state index is 13.0. The summed E-state index contributed by atoms with van der Waals surface area (Å²) in [6, 6.07) is 10.7. The molecule has 0 saturated carbocycles. The zero-order valence-electron chi connectivity index (χ0n) is 18.0. The molecule has 0 unspecified atom stereocenters. The van der Waals surface area contributed by atoms with Crippen molar-refractivity contribution in [2.45, 2.75) is 20.0 Å². The highest BCUT2D eigenvalue weighted by atomic mass is 32.2. The van der Waals surface area contributed by atoms with Crippen LogP contribution >= 0.6 is 24.0 Å². The molecule has 0 atom stereocenters. The topological polar surface area (TPSA) is 108 Å². The van der Waals surface area contributed by atoms with E-state index in [-0.39, 0.29) is 28.6 Å². The highest BCUT2D eigenvalue weighted by Crippen LogP contribution is 2.38. The number of hydrogen-bond acceptors (Lipinski definition) is 9. The molecule has 2 aromatic carbocycles. The van der Waals surface area contributed by atoms with Crippen LogP contribution in [-0.2, 0) is 14.3 Å². The molecule has 0 radical (unpaired) electrons. The van der Waals surface area contributed by atoms with E-state index >= 15 is 0 Å². The molecular weight excluding hydrogens is 468 g/mol. The first-order valence-corrected chi connectivity index (χ1v) is 10.9. The fourth-order valence-corrected chi connectivity index (χ4v) is 4.21. The lowest BCUT2D eigenvalue weighted by atomic mass is 10.1. The van der Waals surface area contributed by atoms with Gasteiger partial charge in [0.2, 0.25) is 0 Å². The van der Waals surface area contributed by atoms with E-state index in [9.17, 15) is 19.7 Å². The van der Waals surface area contributed by atoms with Gasteiger partial charge in [-0.2, -0.15) is 0 Å². The lowest BCUT2D eigenvalue weighted by Gasteiger charge is -2.14. The molecule has 0 aliphatic carbocycles. The number of non-ortho nitro benzene ring substituents is 1. The van der Waals surface area contributed by atoms with E-state index in [0.29, 0.717) is 27.7 Å². The molecule has 2 aromatic rings. The summed E-state index contributed by atoms with van der Waals surface area (Å²) in [6.45, 7) is 3.22. The number of nitro benzene ring substituents is 1. The number of esters is 1. The second-order valence-electron chi connectivity index (χ2n) is 7.03. The molecule has 11 heteroatoms. The third-order valence-electron chi connectivity index (χ3n) is 4.29. The Morgan fingerprint density at radius 2 is 2.00 bits per heavy atom. The minimum Gasteiger partial charge on any atom is -0.493 e. The van der Waals surface area contributed by atoms with Gasteiger partial charge in [-0.05, 0) is 43.7 Å². The van der Waals surface area contributed by atoms with Crippen molar-refractivity contribution in [2.75, 3.05) is 18.6 Å². The Balaban J connectivity index is 1.79. The van der Waals surface area contributed by atoms with Crippen molar-refractivity contribution in [2.24, 2.45) is 0 Å². The van der Waals surface area contributed by atoms with Crippen molar-refractivity contribution in [1.82, 2.24) is 0 Å². The predicted molar refractivity (Wildman–Crippen MR) is 128 cm³/mol. The lowest BCUT2D eigenvalue weighted by molar-refractivity contribution is -0.384. The van der Waals surface area contributed by atoms with Gasteiger partial charge in [-0.15, -0.1) is 0 Å². The van der Waals surface area contributed by atoms with Crippen molar-refractivity contribution < 1.29 is 28.7 Å². The standard InChI is InChI=1S/C22H20N2O7S2/c1-13(2)31-20(25)12-30-17-8-7-14(9-18(17)29-3)10-19-21(26)23(22(32)33-19)15-5-4-6-16(11-15)24(27)28/h4-11,13H,12H2,1-3H3/b19-10+. The van der Waals surface area contributed by atoms with Crippen molar-refractivity contribution in [3.05, 3.63) is 63.0 Å².